The molecule has 0 aliphatic carbocycles. The number of hydrogen-bond acceptors (Lipinski definition) is 4. The van der Waals surface area contributed by atoms with Crippen LogP contribution in [0.25, 0.3) is 0 Å². The zero-order chi connectivity index (χ0) is 11.4. The van der Waals surface area contributed by atoms with Gasteiger partial charge in [-0.15, -0.1) is 0 Å². The molecule has 0 bridgehead atoms. The van der Waals surface area contributed by atoms with Gasteiger partial charge >= 0.3 is 0 Å². The number of benzene rings is 1. The Morgan fingerprint density at radius 3 is 2.56 bits per heavy atom. The SMILES string of the molecule is COc1cccnc1Oc1ccccc1O. The minimum atomic E-state index is 0.0650. The number of aromatic nitrogens is 1. The van der Waals surface area contributed by atoms with Crippen molar-refractivity contribution in [1.29, 1.82) is 0 Å². The molecule has 82 valence electrons. The van der Waals surface area contributed by atoms with E-state index in [0.717, 1.165) is 0 Å². The highest BCUT2D eigenvalue weighted by molar-refractivity contribution is 5.43. The van der Waals surface area contributed by atoms with Crippen LogP contribution < -0.4 is 9.47 Å². The summed E-state index contributed by atoms with van der Waals surface area (Å²) in [6.07, 6.45) is 1.60. The van der Waals surface area contributed by atoms with Gasteiger partial charge in [0.25, 0.3) is 5.88 Å². The quantitative estimate of drug-likeness (QED) is 0.858. The fraction of sp³-hybridized carbons (Fsp3) is 0.0833. The predicted molar refractivity (Wildman–Crippen MR) is 59.0 cm³/mol. The van der Waals surface area contributed by atoms with Crippen molar-refractivity contribution < 1.29 is 14.6 Å². The highest BCUT2D eigenvalue weighted by Crippen LogP contribution is 2.33. The Hall–Kier alpha value is -2.23. The van der Waals surface area contributed by atoms with Gasteiger partial charge in [0.05, 0.1) is 7.11 Å². The van der Waals surface area contributed by atoms with E-state index >= 15 is 0 Å². The lowest BCUT2D eigenvalue weighted by atomic mass is 10.3. The molecule has 4 heteroatoms. The van der Waals surface area contributed by atoms with E-state index < -0.39 is 0 Å². The van der Waals surface area contributed by atoms with Crippen LogP contribution in [0.1, 0.15) is 0 Å². The molecule has 1 aromatic carbocycles. The van der Waals surface area contributed by atoms with Gasteiger partial charge in [-0.1, -0.05) is 12.1 Å². The molecular weight excluding hydrogens is 206 g/mol. The van der Waals surface area contributed by atoms with Crippen LogP contribution in [-0.4, -0.2) is 17.2 Å². The first-order valence-corrected chi connectivity index (χ1v) is 4.76. The van der Waals surface area contributed by atoms with E-state index in [1.807, 2.05) is 0 Å². The van der Waals surface area contributed by atoms with E-state index in [1.54, 1.807) is 42.6 Å². The summed E-state index contributed by atoms with van der Waals surface area (Å²) in [5, 5.41) is 9.54. The molecule has 4 nitrogen and oxygen atoms in total. The third-order valence-electron chi connectivity index (χ3n) is 2.03. The Morgan fingerprint density at radius 2 is 1.81 bits per heavy atom. The van der Waals surface area contributed by atoms with Crippen molar-refractivity contribution in [2.24, 2.45) is 0 Å². The number of phenolic OH excluding ortho intramolecular Hbond substituents is 1. The second-order valence-corrected chi connectivity index (χ2v) is 3.08. The molecule has 0 atom stereocenters. The molecule has 0 aliphatic heterocycles. The molecule has 0 unspecified atom stereocenters. The van der Waals surface area contributed by atoms with Crippen LogP contribution in [0.3, 0.4) is 0 Å². The number of ether oxygens (including phenoxy) is 2. The van der Waals surface area contributed by atoms with E-state index in [2.05, 4.69) is 4.98 Å². The third-order valence-corrected chi connectivity index (χ3v) is 2.03. The fourth-order valence-corrected chi connectivity index (χ4v) is 1.26. The molecule has 0 saturated carbocycles. The van der Waals surface area contributed by atoms with Crippen LogP contribution in [0.2, 0.25) is 0 Å². The smallest absolute Gasteiger partial charge is 0.262 e. The summed E-state index contributed by atoms with van der Waals surface area (Å²) in [6.45, 7) is 0. The molecule has 1 heterocycles. The Balaban J connectivity index is 2.30. The number of rotatable bonds is 3. The summed E-state index contributed by atoms with van der Waals surface area (Å²) in [5.74, 6) is 1.26. The molecule has 0 saturated heterocycles. The number of phenols is 1. The number of aromatic hydroxyl groups is 1. The topological polar surface area (TPSA) is 51.6 Å². The van der Waals surface area contributed by atoms with Crippen molar-refractivity contribution in [3.8, 4) is 23.1 Å². The summed E-state index contributed by atoms with van der Waals surface area (Å²) in [4.78, 5) is 4.03. The van der Waals surface area contributed by atoms with Gasteiger partial charge in [0.1, 0.15) is 0 Å². The largest absolute Gasteiger partial charge is 0.504 e. The minimum absolute atomic E-state index is 0.0650. The predicted octanol–water partition coefficient (Wildman–Crippen LogP) is 2.59. The van der Waals surface area contributed by atoms with Gasteiger partial charge in [0.2, 0.25) is 0 Å². The second kappa shape index (κ2) is 4.53. The van der Waals surface area contributed by atoms with Crippen LogP contribution in [0, 0.1) is 0 Å². The third kappa shape index (κ3) is 2.06. The second-order valence-electron chi connectivity index (χ2n) is 3.08. The summed E-state index contributed by atoms with van der Waals surface area (Å²) >= 11 is 0. The molecule has 1 aromatic heterocycles. The highest BCUT2D eigenvalue weighted by Gasteiger charge is 2.08. The Bertz CT molecular complexity index is 485. The average Bonchev–Trinajstić information content (AvgIpc) is 2.33. The summed E-state index contributed by atoms with van der Waals surface area (Å²) in [5.41, 5.74) is 0. The molecular formula is C12H11NO3. The van der Waals surface area contributed by atoms with Gasteiger partial charge in [0, 0.05) is 6.20 Å². The summed E-state index contributed by atoms with van der Waals surface area (Å²) < 4.78 is 10.5. The standard InChI is InChI=1S/C12H11NO3/c1-15-11-7-4-8-13-12(11)16-10-6-3-2-5-9(10)14/h2-8,14H,1H3. The lowest BCUT2D eigenvalue weighted by Crippen LogP contribution is -1.92. The van der Waals surface area contributed by atoms with E-state index in [-0.39, 0.29) is 5.75 Å². The fourth-order valence-electron chi connectivity index (χ4n) is 1.26. The lowest BCUT2D eigenvalue weighted by molar-refractivity contribution is 0.357. The van der Waals surface area contributed by atoms with Gasteiger partial charge in [-0.05, 0) is 24.3 Å². The normalized spacial score (nSPS) is 9.81. The molecule has 0 radical (unpaired) electrons. The number of nitrogens with zero attached hydrogens (tertiary/aromatic N) is 1. The first-order valence-electron chi connectivity index (χ1n) is 4.76. The van der Waals surface area contributed by atoms with Gasteiger partial charge in [-0.3, -0.25) is 0 Å². The number of methoxy groups -OCH3 is 1. The first kappa shape index (κ1) is 10.3. The van der Waals surface area contributed by atoms with Crippen molar-refractivity contribution in [3.05, 3.63) is 42.6 Å². The Kier molecular flexibility index (Phi) is 2.91. The van der Waals surface area contributed by atoms with Crippen LogP contribution in [0.5, 0.6) is 23.1 Å². The van der Waals surface area contributed by atoms with Gasteiger partial charge in [-0.25, -0.2) is 4.98 Å². The van der Waals surface area contributed by atoms with Gasteiger partial charge < -0.3 is 14.6 Å². The average molecular weight is 217 g/mol. The van der Waals surface area contributed by atoms with E-state index in [4.69, 9.17) is 9.47 Å². The van der Waals surface area contributed by atoms with Crippen molar-refractivity contribution in [2.75, 3.05) is 7.11 Å². The summed E-state index contributed by atoms with van der Waals surface area (Å²) in [6, 6.07) is 10.2. The maximum Gasteiger partial charge on any atom is 0.262 e. The van der Waals surface area contributed by atoms with Crippen molar-refractivity contribution in [2.45, 2.75) is 0 Å². The van der Waals surface area contributed by atoms with Crippen LogP contribution in [0.4, 0.5) is 0 Å². The van der Waals surface area contributed by atoms with E-state index in [0.29, 0.717) is 17.4 Å². The number of hydrogen-bond donors (Lipinski definition) is 1. The van der Waals surface area contributed by atoms with Crippen LogP contribution >= 0.6 is 0 Å². The zero-order valence-electron chi connectivity index (χ0n) is 8.75. The molecule has 0 amide bonds. The Labute approximate surface area is 93.1 Å². The van der Waals surface area contributed by atoms with Crippen molar-refractivity contribution >= 4 is 0 Å². The first-order chi connectivity index (χ1) is 7.81. The van der Waals surface area contributed by atoms with Gasteiger partial charge in [0.15, 0.2) is 17.2 Å². The highest BCUT2D eigenvalue weighted by atomic mass is 16.5. The van der Waals surface area contributed by atoms with Crippen molar-refractivity contribution in [3.63, 3.8) is 0 Å². The van der Waals surface area contributed by atoms with Crippen molar-refractivity contribution in [1.82, 2.24) is 4.98 Å². The Morgan fingerprint density at radius 1 is 1.06 bits per heavy atom. The molecule has 2 rings (SSSR count). The molecule has 2 aromatic rings. The van der Waals surface area contributed by atoms with E-state index in [1.165, 1.54) is 7.11 Å². The number of para-hydroxylation sites is 2. The lowest BCUT2D eigenvalue weighted by Gasteiger charge is -2.09. The summed E-state index contributed by atoms with van der Waals surface area (Å²) in [7, 11) is 1.54. The number of pyridine rings is 1. The van der Waals surface area contributed by atoms with Gasteiger partial charge in [-0.2, -0.15) is 0 Å². The molecule has 0 aliphatic rings. The maximum atomic E-state index is 9.54. The van der Waals surface area contributed by atoms with Crippen LogP contribution in [-0.2, 0) is 0 Å². The zero-order valence-corrected chi connectivity index (χ0v) is 8.75. The maximum absolute atomic E-state index is 9.54. The molecule has 0 spiro atoms. The minimum Gasteiger partial charge on any atom is -0.504 e. The van der Waals surface area contributed by atoms with Crippen LogP contribution in [0.15, 0.2) is 42.6 Å². The monoisotopic (exact) mass is 217 g/mol. The van der Waals surface area contributed by atoms with E-state index in [9.17, 15) is 5.11 Å². The molecule has 16 heavy (non-hydrogen) atoms. The molecule has 0 fully saturated rings. The molecule has 1 N–H and O–H groups in total.